The van der Waals surface area contributed by atoms with Gasteiger partial charge in [-0.3, -0.25) is 10.0 Å². The van der Waals surface area contributed by atoms with Crippen molar-refractivity contribution >= 4 is 28.3 Å². The number of hydrogen-bond acceptors (Lipinski definition) is 6. The molecular formula is C18H27ClN4O5S. The standard InChI is InChI=1S/C18H26N4O5S.ClH/c1-13(2)10-22(28(25,26)16-7-5-15(27-4)6-8-16)17(18(23)20-24)9-14-11-21(3)12-19-14;/h5-8,11-13,17,24H,9-10H2,1-4H3,(H,20,23);1H. The van der Waals surface area contributed by atoms with E-state index < -0.39 is 22.0 Å². The van der Waals surface area contributed by atoms with Gasteiger partial charge >= 0.3 is 0 Å². The summed E-state index contributed by atoms with van der Waals surface area (Å²) in [6.45, 7) is 3.80. The molecule has 11 heteroatoms. The van der Waals surface area contributed by atoms with E-state index in [1.54, 1.807) is 41.8 Å². The first-order chi connectivity index (χ1) is 13.2. The molecule has 0 saturated heterocycles. The van der Waals surface area contributed by atoms with Gasteiger partial charge in [0.2, 0.25) is 10.0 Å². The number of aromatic nitrogens is 2. The molecule has 0 bridgehead atoms. The third kappa shape index (κ3) is 6.17. The fourth-order valence-electron chi connectivity index (χ4n) is 2.81. The van der Waals surface area contributed by atoms with Gasteiger partial charge in [-0.15, -0.1) is 12.4 Å². The average Bonchev–Trinajstić information content (AvgIpc) is 3.08. The predicted octanol–water partition coefficient (Wildman–Crippen LogP) is 1.61. The van der Waals surface area contributed by atoms with Crippen molar-refractivity contribution in [2.24, 2.45) is 13.0 Å². The normalized spacial score (nSPS) is 12.5. The number of sulfonamides is 1. The van der Waals surface area contributed by atoms with Crippen LogP contribution in [0, 0.1) is 5.92 Å². The van der Waals surface area contributed by atoms with Gasteiger partial charge in [-0.25, -0.2) is 18.9 Å². The number of amides is 1. The number of carbonyl (C=O) groups excluding carboxylic acids is 1. The number of imidazole rings is 1. The summed E-state index contributed by atoms with van der Waals surface area (Å²) in [7, 11) is -0.753. The number of hydroxylamine groups is 1. The first kappa shape index (κ1) is 24.9. The summed E-state index contributed by atoms with van der Waals surface area (Å²) in [5.41, 5.74) is 2.12. The SMILES string of the molecule is COc1ccc(S(=O)(=O)N(CC(C)C)C(Cc2cn(C)cn2)C(=O)NO)cc1.Cl. The second kappa shape index (κ2) is 10.6. The van der Waals surface area contributed by atoms with Gasteiger partial charge in [0.25, 0.3) is 5.91 Å². The first-order valence-electron chi connectivity index (χ1n) is 8.75. The van der Waals surface area contributed by atoms with Gasteiger partial charge < -0.3 is 9.30 Å². The van der Waals surface area contributed by atoms with Crippen LogP contribution < -0.4 is 10.2 Å². The van der Waals surface area contributed by atoms with E-state index in [2.05, 4.69) is 4.98 Å². The monoisotopic (exact) mass is 446 g/mol. The summed E-state index contributed by atoms with van der Waals surface area (Å²) in [5.74, 6) is -0.346. The number of hydrogen-bond donors (Lipinski definition) is 2. The number of rotatable bonds is 9. The summed E-state index contributed by atoms with van der Waals surface area (Å²) in [6.07, 6.45) is 3.29. The summed E-state index contributed by atoms with van der Waals surface area (Å²) < 4.78 is 34.5. The van der Waals surface area contributed by atoms with Gasteiger partial charge in [-0.2, -0.15) is 4.31 Å². The maximum atomic E-state index is 13.3. The zero-order chi connectivity index (χ0) is 20.9. The smallest absolute Gasteiger partial charge is 0.262 e. The summed E-state index contributed by atoms with van der Waals surface area (Å²) in [4.78, 5) is 16.6. The van der Waals surface area contributed by atoms with Crippen LogP contribution in [0.25, 0.3) is 0 Å². The molecule has 1 heterocycles. The number of ether oxygens (including phenoxy) is 1. The van der Waals surface area contributed by atoms with Crippen LogP contribution >= 0.6 is 12.4 Å². The minimum Gasteiger partial charge on any atom is -0.497 e. The molecule has 2 rings (SSSR count). The second-order valence-electron chi connectivity index (χ2n) is 6.87. The van der Waals surface area contributed by atoms with Crippen molar-refractivity contribution in [3.8, 4) is 5.75 Å². The molecule has 162 valence electrons. The van der Waals surface area contributed by atoms with Crippen LogP contribution in [-0.4, -0.2) is 53.1 Å². The van der Waals surface area contributed by atoms with E-state index in [0.29, 0.717) is 11.4 Å². The van der Waals surface area contributed by atoms with E-state index >= 15 is 0 Å². The Hall–Kier alpha value is -2.14. The highest BCUT2D eigenvalue weighted by Gasteiger charge is 2.36. The van der Waals surface area contributed by atoms with Crippen molar-refractivity contribution in [1.82, 2.24) is 19.3 Å². The molecule has 9 nitrogen and oxygen atoms in total. The number of aryl methyl sites for hydroxylation is 1. The molecule has 1 unspecified atom stereocenters. The number of methoxy groups -OCH3 is 1. The molecule has 0 fully saturated rings. The molecule has 0 aliphatic carbocycles. The van der Waals surface area contributed by atoms with Crippen LogP contribution in [0.2, 0.25) is 0 Å². The quantitative estimate of drug-likeness (QED) is 0.447. The molecular weight excluding hydrogens is 420 g/mol. The highest BCUT2D eigenvalue weighted by atomic mass is 35.5. The Morgan fingerprint density at radius 1 is 1.31 bits per heavy atom. The van der Waals surface area contributed by atoms with Crippen molar-refractivity contribution in [3.63, 3.8) is 0 Å². The first-order valence-corrected chi connectivity index (χ1v) is 10.2. The molecule has 2 N–H and O–H groups in total. The Bertz CT molecular complexity index is 899. The Labute approximate surface area is 177 Å². The van der Waals surface area contributed by atoms with Crippen molar-refractivity contribution < 1.29 is 23.2 Å². The van der Waals surface area contributed by atoms with E-state index in [1.807, 2.05) is 13.8 Å². The molecule has 0 radical (unpaired) electrons. The minimum absolute atomic E-state index is 0. The number of nitrogens with one attached hydrogen (secondary N) is 1. The Balaban J connectivity index is 0.00000420. The predicted molar refractivity (Wildman–Crippen MR) is 110 cm³/mol. The number of benzene rings is 1. The van der Waals surface area contributed by atoms with Crippen LogP contribution in [-0.2, 0) is 28.3 Å². The lowest BCUT2D eigenvalue weighted by molar-refractivity contribution is -0.133. The lowest BCUT2D eigenvalue weighted by Gasteiger charge is -2.30. The number of nitrogens with zero attached hydrogens (tertiary/aromatic N) is 3. The third-order valence-corrected chi connectivity index (χ3v) is 6.02. The lowest BCUT2D eigenvalue weighted by atomic mass is 10.1. The topological polar surface area (TPSA) is 114 Å². The Kier molecular flexibility index (Phi) is 9.09. The van der Waals surface area contributed by atoms with Crippen LogP contribution in [0.4, 0.5) is 0 Å². The van der Waals surface area contributed by atoms with Crippen molar-refractivity contribution in [2.75, 3.05) is 13.7 Å². The zero-order valence-corrected chi connectivity index (χ0v) is 18.4. The van der Waals surface area contributed by atoms with Gasteiger partial charge in [0.05, 0.1) is 24.0 Å². The highest BCUT2D eigenvalue weighted by Crippen LogP contribution is 2.24. The molecule has 0 saturated carbocycles. The molecule has 29 heavy (non-hydrogen) atoms. The van der Waals surface area contributed by atoms with E-state index in [4.69, 9.17) is 4.74 Å². The molecule has 1 atom stereocenters. The van der Waals surface area contributed by atoms with Gasteiger partial charge in [0, 0.05) is 26.2 Å². The summed E-state index contributed by atoms with van der Waals surface area (Å²) >= 11 is 0. The Morgan fingerprint density at radius 3 is 2.38 bits per heavy atom. The van der Waals surface area contributed by atoms with Crippen molar-refractivity contribution in [3.05, 3.63) is 42.5 Å². The van der Waals surface area contributed by atoms with Crippen molar-refractivity contribution in [2.45, 2.75) is 31.2 Å². The lowest BCUT2D eigenvalue weighted by Crippen LogP contribution is -2.51. The summed E-state index contributed by atoms with van der Waals surface area (Å²) in [5, 5.41) is 9.21. The molecule has 1 aromatic carbocycles. The number of halogens is 1. The number of carbonyl (C=O) groups is 1. The molecule has 0 aliphatic heterocycles. The molecule has 1 aromatic heterocycles. The van der Waals surface area contributed by atoms with Gasteiger partial charge in [0.1, 0.15) is 11.8 Å². The maximum absolute atomic E-state index is 13.3. The van der Waals surface area contributed by atoms with Gasteiger partial charge in [-0.05, 0) is 30.2 Å². The molecule has 1 amide bonds. The fraction of sp³-hybridized carbons (Fsp3) is 0.444. The van der Waals surface area contributed by atoms with E-state index in [9.17, 15) is 18.4 Å². The van der Waals surface area contributed by atoms with Crippen LogP contribution in [0.3, 0.4) is 0 Å². The van der Waals surface area contributed by atoms with Gasteiger partial charge in [0.15, 0.2) is 0 Å². The molecule has 2 aromatic rings. The van der Waals surface area contributed by atoms with Crippen LogP contribution in [0.5, 0.6) is 5.75 Å². The molecule has 0 spiro atoms. The maximum Gasteiger partial charge on any atom is 0.262 e. The average molecular weight is 447 g/mol. The van der Waals surface area contributed by atoms with E-state index in [0.717, 1.165) is 4.31 Å². The largest absolute Gasteiger partial charge is 0.497 e. The highest BCUT2D eigenvalue weighted by molar-refractivity contribution is 7.89. The van der Waals surface area contributed by atoms with Crippen molar-refractivity contribution in [1.29, 1.82) is 0 Å². The van der Waals surface area contributed by atoms with Gasteiger partial charge in [-0.1, -0.05) is 13.8 Å². The van der Waals surface area contributed by atoms with Crippen LogP contribution in [0.1, 0.15) is 19.5 Å². The summed E-state index contributed by atoms with van der Waals surface area (Å²) in [6, 6.07) is 4.78. The third-order valence-electron chi connectivity index (χ3n) is 4.13. The van der Waals surface area contributed by atoms with E-state index in [1.165, 1.54) is 19.2 Å². The minimum atomic E-state index is -4.02. The van der Waals surface area contributed by atoms with E-state index in [-0.39, 0.29) is 36.2 Å². The zero-order valence-electron chi connectivity index (χ0n) is 16.8. The van der Waals surface area contributed by atoms with Crippen LogP contribution in [0.15, 0.2) is 41.7 Å². The fourth-order valence-corrected chi connectivity index (χ4v) is 4.56. The molecule has 0 aliphatic rings. The second-order valence-corrected chi connectivity index (χ2v) is 8.76. The Morgan fingerprint density at radius 2 is 1.93 bits per heavy atom.